The summed E-state index contributed by atoms with van der Waals surface area (Å²) in [4.78, 5) is 4.64. The van der Waals surface area contributed by atoms with E-state index in [0.717, 1.165) is 30.5 Å². The van der Waals surface area contributed by atoms with Crippen molar-refractivity contribution < 1.29 is 13.5 Å². The van der Waals surface area contributed by atoms with E-state index in [4.69, 9.17) is 0 Å². The number of pyridine rings is 1. The fourth-order valence-electron chi connectivity index (χ4n) is 2.96. The molecule has 3 nitrogen and oxygen atoms in total. The van der Waals surface area contributed by atoms with Crippen molar-refractivity contribution in [3.8, 4) is 11.8 Å². The summed E-state index contributed by atoms with van der Waals surface area (Å²) in [7, 11) is 0. The fourth-order valence-corrected chi connectivity index (χ4v) is 4.01. The lowest BCUT2D eigenvalue weighted by atomic mass is 10.0. The maximum Gasteiger partial charge on any atom is 0.387 e. The second-order valence-electron chi connectivity index (χ2n) is 5.58. The molecule has 1 aliphatic rings. The minimum absolute atomic E-state index is 0.163. The van der Waals surface area contributed by atoms with Gasteiger partial charge in [-0.25, -0.2) is 4.98 Å². The first-order valence-corrected chi connectivity index (χ1v) is 8.66. The number of aromatic nitrogens is 1. The molecule has 1 aliphatic carbocycles. The Labute approximate surface area is 143 Å². The molecule has 0 amide bonds. The van der Waals surface area contributed by atoms with Gasteiger partial charge in [0.1, 0.15) is 16.8 Å². The van der Waals surface area contributed by atoms with Crippen LogP contribution in [0.3, 0.4) is 0 Å². The average Bonchev–Trinajstić information content (AvgIpc) is 3.02. The first-order valence-electron chi connectivity index (χ1n) is 7.68. The third-order valence-electron chi connectivity index (χ3n) is 4.13. The van der Waals surface area contributed by atoms with Crippen LogP contribution in [0.2, 0.25) is 0 Å². The Bertz CT molecular complexity index is 802. The Kier molecular flexibility index (Phi) is 5.00. The molecule has 2 aromatic rings. The number of fused-ring (bicyclic) bond motifs is 1. The number of para-hydroxylation sites is 1. The molecule has 6 heteroatoms. The highest BCUT2D eigenvalue weighted by molar-refractivity contribution is 7.98. The number of ether oxygens (including phenoxy) is 1. The molecule has 0 saturated heterocycles. The Morgan fingerprint density at radius 1 is 1.33 bits per heavy atom. The normalized spacial score (nSPS) is 13.0. The Morgan fingerprint density at radius 2 is 2.12 bits per heavy atom. The summed E-state index contributed by atoms with van der Waals surface area (Å²) < 4.78 is 29.6. The zero-order valence-electron chi connectivity index (χ0n) is 13.2. The van der Waals surface area contributed by atoms with Crippen molar-refractivity contribution in [1.29, 1.82) is 5.26 Å². The molecular formula is C18H16F2N2OS. The summed E-state index contributed by atoms with van der Waals surface area (Å²) in [6.07, 6.45) is 2.96. The first kappa shape index (κ1) is 16.7. The minimum atomic E-state index is -2.86. The van der Waals surface area contributed by atoms with E-state index in [0.29, 0.717) is 21.9 Å². The van der Waals surface area contributed by atoms with Gasteiger partial charge in [-0.3, -0.25) is 0 Å². The van der Waals surface area contributed by atoms with Gasteiger partial charge in [-0.05, 0) is 43.4 Å². The smallest absolute Gasteiger partial charge is 0.387 e. The number of nitriles is 1. The van der Waals surface area contributed by atoms with Crippen LogP contribution < -0.4 is 4.74 Å². The zero-order chi connectivity index (χ0) is 17.1. The highest BCUT2D eigenvalue weighted by Crippen LogP contribution is 2.34. The van der Waals surface area contributed by atoms with Gasteiger partial charge >= 0.3 is 6.61 Å². The van der Waals surface area contributed by atoms with Crippen molar-refractivity contribution in [2.45, 2.75) is 43.6 Å². The third kappa shape index (κ3) is 3.36. The summed E-state index contributed by atoms with van der Waals surface area (Å²) >= 11 is 1.39. The van der Waals surface area contributed by atoms with Crippen molar-refractivity contribution in [1.82, 2.24) is 4.98 Å². The van der Waals surface area contributed by atoms with Gasteiger partial charge in [0.25, 0.3) is 0 Å². The van der Waals surface area contributed by atoms with Crippen LogP contribution in [0.5, 0.6) is 5.75 Å². The molecule has 3 rings (SSSR count). The highest BCUT2D eigenvalue weighted by atomic mass is 32.2. The van der Waals surface area contributed by atoms with Gasteiger partial charge in [-0.1, -0.05) is 18.2 Å². The Hall–Kier alpha value is -2.13. The molecule has 0 spiro atoms. The lowest BCUT2D eigenvalue weighted by Gasteiger charge is -2.13. The minimum Gasteiger partial charge on any atom is -0.435 e. The highest BCUT2D eigenvalue weighted by Gasteiger charge is 2.21. The van der Waals surface area contributed by atoms with Crippen LogP contribution in [-0.2, 0) is 18.6 Å². The topological polar surface area (TPSA) is 45.9 Å². The van der Waals surface area contributed by atoms with Gasteiger partial charge in [-0.2, -0.15) is 14.0 Å². The summed E-state index contributed by atoms with van der Waals surface area (Å²) in [6.45, 7) is -0.895. The fraction of sp³-hybridized carbons (Fsp3) is 0.333. The number of hydrogen-bond acceptors (Lipinski definition) is 4. The number of thioether (sulfide) groups is 1. The van der Waals surface area contributed by atoms with Crippen LogP contribution in [0.1, 0.15) is 34.4 Å². The summed E-state index contributed by atoms with van der Waals surface area (Å²) in [5, 5.41) is 10.1. The van der Waals surface area contributed by atoms with E-state index in [1.807, 2.05) is 6.92 Å². The van der Waals surface area contributed by atoms with Crippen molar-refractivity contribution in [2.24, 2.45) is 0 Å². The average molecular weight is 346 g/mol. The second-order valence-corrected chi connectivity index (χ2v) is 6.55. The maximum atomic E-state index is 12.5. The van der Waals surface area contributed by atoms with Gasteiger partial charge in [0.2, 0.25) is 0 Å². The summed E-state index contributed by atoms with van der Waals surface area (Å²) in [5.74, 6) is 0.583. The number of halogens is 2. The van der Waals surface area contributed by atoms with Crippen LogP contribution in [-0.4, -0.2) is 11.6 Å². The van der Waals surface area contributed by atoms with Crippen molar-refractivity contribution in [3.05, 3.63) is 52.2 Å². The van der Waals surface area contributed by atoms with Gasteiger partial charge in [0.15, 0.2) is 0 Å². The van der Waals surface area contributed by atoms with Crippen molar-refractivity contribution >= 4 is 11.8 Å². The lowest BCUT2D eigenvalue weighted by Crippen LogP contribution is -2.04. The number of aryl methyl sites for hydroxylation is 1. The number of rotatable bonds is 5. The predicted octanol–water partition coefficient (Wildman–Crippen LogP) is 4.64. The molecule has 0 radical (unpaired) electrons. The SMILES string of the molecule is Cc1c(C#N)c(SCc2ccccc2OC(F)F)nc2c1CCC2. The quantitative estimate of drug-likeness (QED) is 0.740. The molecule has 124 valence electrons. The zero-order valence-corrected chi connectivity index (χ0v) is 14.0. The molecule has 0 bridgehead atoms. The van der Waals surface area contributed by atoms with Crippen LogP contribution in [0.4, 0.5) is 8.78 Å². The van der Waals surface area contributed by atoms with E-state index in [1.54, 1.807) is 18.2 Å². The molecule has 1 aromatic carbocycles. The number of hydrogen-bond donors (Lipinski definition) is 0. The second kappa shape index (κ2) is 7.18. The van der Waals surface area contributed by atoms with Gasteiger partial charge in [-0.15, -0.1) is 11.8 Å². The first-order chi connectivity index (χ1) is 11.6. The maximum absolute atomic E-state index is 12.5. The van der Waals surface area contributed by atoms with Crippen LogP contribution in [0.25, 0.3) is 0 Å². The Morgan fingerprint density at radius 3 is 2.88 bits per heavy atom. The third-order valence-corrected chi connectivity index (χ3v) is 5.16. The molecule has 1 heterocycles. The van der Waals surface area contributed by atoms with E-state index in [9.17, 15) is 14.0 Å². The Balaban J connectivity index is 1.86. The molecule has 0 N–H and O–H groups in total. The number of nitrogens with zero attached hydrogens (tertiary/aromatic N) is 2. The standard InChI is InChI=1S/C18H16F2N2OS/c1-11-13-6-4-7-15(13)22-17(14(11)9-21)24-10-12-5-2-3-8-16(12)23-18(19)20/h2-3,5,8,18H,4,6-7,10H2,1H3. The van der Waals surface area contributed by atoms with Crippen LogP contribution in [0, 0.1) is 18.3 Å². The molecule has 0 unspecified atom stereocenters. The number of alkyl halides is 2. The van der Waals surface area contributed by atoms with Gasteiger partial charge in [0.05, 0.1) is 5.56 Å². The van der Waals surface area contributed by atoms with E-state index >= 15 is 0 Å². The molecule has 0 fully saturated rings. The van der Waals surface area contributed by atoms with E-state index in [1.165, 1.54) is 23.4 Å². The van der Waals surface area contributed by atoms with Gasteiger partial charge < -0.3 is 4.74 Å². The molecule has 1 aromatic heterocycles. The molecular weight excluding hydrogens is 330 g/mol. The molecule has 24 heavy (non-hydrogen) atoms. The summed E-state index contributed by atoms with van der Waals surface area (Å²) in [6, 6.07) is 8.95. The summed E-state index contributed by atoms with van der Waals surface area (Å²) in [5.41, 5.74) is 4.50. The van der Waals surface area contributed by atoms with Crippen molar-refractivity contribution in [3.63, 3.8) is 0 Å². The lowest BCUT2D eigenvalue weighted by molar-refractivity contribution is -0.0503. The van der Waals surface area contributed by atoms with E-state index in [2.05, 4.69) is 15.8 Å². The van der Waals surface area contributed by atoms with Crippen LogP contribution in [0.15, 0.2) is 29.3 Å². The monoisotopic (exact) mass is 346 g/mol. The molecule has 0 aliphatic heterocycles. The predicted molar refractivity (Wildman–Crippen MR) is 88.3 cm³/mol. The molecule has 0 atom stereocenters. The molecule has 0 saturated carbocycles. The van der Waals surface area contributed by atoms with Crippen LogP contribution >= 0.6 is 11.8 Å². The largest absolute Gasteiger partial charge is 0.435 e. The van der Waals surface area contributed by atoms with Gasteiger partial charge in [0, 0.05) is 17.0 Å². The van der Waals surface area contributed by atoms with E-state index < -0.39 is 6.61 Å². The van der Waals surface area contributed by atoms with E-state index in [-0.39, 0.29) is 5.75 Å². The number of benzene rings is 1. The van der Waals surface area contributed by atoms with Crippen molar-refractivity contribution in [2.75, 3.05) is 0 Å².